The first kappa shape index (κ1) is 9.63. The molecule has 0 radical (unpaired) electrons. The highest BCUT2D eigenvalue weighted by Gasteiger charge is 2.09. The van der Waals surface area contributed by atoms with E-state index in [1.54, 1.807) is 12.1 Å². The monoisotopic (exact) mass is 181 g/mol. The lowest BCUT2D eigenvalue weighted by Crippen LogP contribution is -2.20. The second-order valence-electron chi connectivity index (χ2n) is 2.69. The summed E-state index contributed by atoms with van der Waals surface area (Å²) < 4.78 is 0. The lowest BCUT2D eigenvalue weighted by Gasteiger charge is -2.07. The van der Waals surface area contributed by atoms with Crippen molar-refractivity contribution in [2.45, 2.75) is 6.04 Å². The number of nitrogens with two attached hydrogens (primary N) is 2. The number of non-ortho nitro benzene ring substituents is 1. The SMILES string of the molecule is NCC(N)c1cccc([N+](=O)[O-])c1. The molecule has 13 heavy (non-hydrogen) atoms. The van der Waals surface area contributed by atoms with Crippen molar-refractivity contribution in [2.75, 3.05) is 6.54 Å². The molecule has 0 aromatic heterocycles. The van der Waals surface area contributed by atoms with Crippen molar-refractivity contribution < 1.29 is 4.92 Å². The van der Waals surface area contributed by atoms with Gasteiger partial charge in [0, 0.05) is 24.7 Å². The zero-order valence-electron chi connectivity index (χ0n) is 7.01. The van der Waals surface area contributed by atoms with Gasteiger partial charge in [-0.15, -0.1) is 0 Å². The van der Waals surface area contributed by atoms with Crippen LogP contribution >= 0.6 is 0 Å². The minimum Gasteiger partial charge on any atom is -0.329 e. The van der Waals surface area contributed by atoms with Crippen molar-refractivity contribution in [3.05, 3.63) is 39.9 Å². The summed E-state index contributed by atoms with van der Waals surface area (Å²) in [5.41, 5.74) is 11.7. The van der Waals surface area contributed by atoms with E-state index in [0.29, 0.717) is 5.56 Å². The smallest absolute Gasteiger partial charge is 0.269 e. The molecule has 0 amide bonds. The first-order valence-electron chi connectivity index (χ1n) is 3.85. The summed E-state index contributed by atoms with van der Waals surface area (Å²) in [6.07, 6.45) is 0. The van der Waals surface area contributed by atoms with Gasteiger partial charge in [0.25, 0.3) is 5.69 Å². The molecule has 0 aliphatic carbocycles. The molecule has 0 saturated carbocycles. The van der Waals surface area contributed by atoms with Crippen LogP contribution in [0.25, 0.3) is 0 Å². The molecular formula is C8H11N3O2. The van der Waals surface area contributed by atoms with E-state index >= 15 is 0 Å². The van der Waals surface area contributed by atoms with Gasteiger partial charge in [0.05, 0.1) is 4.92 Å². The van der Waals surface area contributed by atoms with Crippen LogP contribution in [0.3, 0.4) is 0 Å². The Morgan fingerprint density at radius 3 is 2.77 bits per heavy atom. The summed E-state index contributed by atoms with van der Waals surface area (Å²) in [6.45, 7) is 0.279. The quantitative estimate of drug-likeness (QED) is 0.525. The summed E-state index contributed by atoms with van der Waals surface area (Å²) in [7, 11) is 0. The second-order valence-corrected chi connectivity index (χ2v) is 2.69. The van der Waals surface area contributed by atoms with E-state index in [1.807, 2.05) is 0 Å². The Morgan fingerprint density at radius 1 is 1.54 bits per heavy atom. The minimum absolute atomic E-state index is 0.0430. The van der Waals surface area contributed by atoms with E-state index in [-0.39, 0.29) is 18.3 Å². The summed E-state index contributed by atoms with van der Waals surface area (Å²) in [6, 6.07) is 5.86. The van der Waals surface area contributed by atoms with Gasteiger partial charge in [0.2, 0.25) is 0 Å². The molecule has 1 aromatic carbocycles. The molecular weight excluding hydrogens is 170 g/mol. The maximum absolute atomic E-state index is 10.4. The number of hydrogen-bond acceptors (Lipinski definition) is 4. The standard InChI is InChI=1S/C8H11N3O2/c9-5-8(10)6-2-1-3-7(4-6)11(12)13/h1-4,8H,5,9-10H2. The molecule has 70 valence electrons. The van der Waals surface area contributed by atoms with Crippen molar-refractivity contribution in [2.24, 2.45) is 11.5 Å². The number of nitrogens with zero attached hydrogens (tertiary/aromatic N) is 1. The number of hydrogen-bond donors (Lipinski definition) is 2. The Balaban J connectivity index is 2.98. The maximum Gasteiger partial charge on any atom is 0.269 e. The van der Waals surface area contributed by atoms with E-state index in [0.717, 1.165) is 0 Å². The van der Waals surface area contributed by atoms with E-state index in [4.69, 9.17) is 11.5 Å². The lowest BCUT2D eigenvalue weighted by molar-refractivity contribution is -0.384. The number of rotatable bonds is 3. The van der Waals surface area contributed by atoms with Crippen molar-refractivity contribution in [3.8, 4) is 0 Å². The molecule has 1 rings (SSSR count). The van der Waals surface area contributed by atoms with Crippen LogP contribution < -0.4 is 11.5 Å². The normalized spacial score (nSPS) is 12.5. The first-order valence-corrected chi connectivity index (χ1v) is 3.85. The fraction of sp³-hybridized carbons (Fsp3) is 0.250. The third-order valence-electron chi connectivity index (χ3n) is 1.76. The fourth-order valence-electron chi connectivity index (χ4n) is 1.01. The Bertz CT molecular complexity index is 314. The largest absolute Gasteiger partial charge is 0.329 e. The molecule has 0 spiro atoms. The zero-order chi connectivity index (χ0) is 9.84. The van der Waals surface area contributed by atoms with Crippen molar-refractivity contribution >= 4 is 5.69 Å². The van der Waals surface area contributed by atoms with Crippen LogP contribution in [0.1, 0.15) is 11.6 Å². The van der Waals surface area contributed by atoms with Gasteiger partial charge in [-0.2, -0.15) is 0 Å². The third-order valence-corrected chi connectivity index (χ3v) is 1.76. The molecule has 1 aromatic rings. The second kappa shape index (κ2) is 3.97. The fourth-order valence-corrected chi connectivity index (χ4v) is 1.01. The van der Waals surface area contributed by atoms with Crippen LogP contribution in [0.4, 0.5) is 5.69 Å². The predicted molar refractivity (Wildman–Crippen MR) is 49.1 cm³/mol. The average Bonchev–Trinajstić information content (AvgIpc) is 2.17. The molecule has 5 nitrogen and oxygen atoms in total. The molecule has 0 aliphatic heterocycles. The molecule has 0 fully saturated rings. The van der Waals surface area contributed by atoms with Crippen LogP contribution in [-0.2, 0) is 0 Å². The summed E-state index contributed by atoms with van der Waals surface area (Å²) in [5, 5.41) is 10.4. The average molecular weight is 181 g/mol. The van der Waals surface area contributed by atoms with E-state index in [2.05, 4.69) is 0 Å². The summed E-state index contributed by atoms with van der Waals surface area (Å²) in [5.74, 6) is 0. The Hall–Kier alpha value is -1.46. The van der Waals surface area contributed by atoms with Gasteiger partial charge in [-0.3, -0.25) is 10.1 Å². The first-order chi connectivity index (χ1) is 6.15. The topological polar surface area (TPSA) is 95.2 Å². The molecule has 0 aliphatic rings. The summed E-state index contributed by atoms with van der Waals surface area (Å²) in [4.78, 5) is 9.95. The lowest BCUT2D eigenvalue weighted by atomic mass is 10.1. The van der Waals surface area contributed by atoms with Crippen LogP contribution in [0.15, 0.2) is 24.3 Å². The van der Waals surface area contributed by atoms with Crippen molar-refractivity contribution in [1.29, 1.82) is 0 Å². The van der Waals surface area contributed by atoms with Gasteiger partial charge in [0.1, 0.15) is 0 Å². The third kappa shape index (κ3) is 2.24. The van der Waals surface area contributed by atoms with Gasteiger partial charge in [0.15, 0.2) is 0 Å². The number of benzene rings is 1. The Labute approximate surface area is 75.5 Å². The number of nitro benzene ring substituents is 1. The maximum atomic E-state index is 10.4. The minimum atomic E-state index is -0.452. The number of nitro groups is 1. The van der Waals surface area contributed by atoms with Gasteiger partial charge < -0.3 is 11.5 Å². The Morgan fingerprint density at radius 2 is 2.23 bits per heavy atom. The highest BCUT2D eigenvalue weighted by atomic mass is 16.6. The molecule has 1 atom stereocenters. The zero-order valence-corrected chi connectivity index (χ0v) is 7.01. The van der Waals surface area contributed by atoms with Gasteiger partial charge in [-0.05, 0) is 5.56 Å². The predicted octanol–water partition coefficient (Wildman–Crippen LogP) is 0.553. The molecule has 0 bridgehead atoms. The molecule has 0 saturated heterocycles. The van der Waals surface area contributed by atoms with Gasteiger partial charge >= 0.3 is 0 Å². The van der Waals surface area contributed by atoms with Crippen LogP contribution in [0.5, 0.6) is 0 Å². The Kier molecular flexibility index (Phi) is 2.94. The van der Waals surface area contributed by atoms with Crippen LogP contribution in [0.2, 0.25) is 0 Å². The van der Waals surface area contributed by atoms with E-state index < -0.39 is 4.92 Å². The van der Waals surface area contributed by atoms with Gasteiger partial charge in [-0.25, -0.2) is 0 Å². The van der Waals surface area contributed by atoms with Crippen LogP contribution in [-0.4, -0.2) is 11.5 Å². The van der Waals surface area contributed by atoms with E-state index in [1.165, 1.54) is 12.1 Å². The summed E-state index contributed by atoms with van der Waals surface area (Å²) >= 11 is 0. The molecule has 4 N–H and O–H groups in total. The highest BCUT2D eigenvalue weighted by Crippen LogP contribution is 2.16. The highest BCUT2D eigenvalue weighted by molar-refractivity contribution is 5.35. The van der Waals surface area contributed by atoms with E-state index in [9.17, 15) is 10.1 Å². The van der Waals surface area contributed by atoms with Crippen molar-refractivity contribution in [3.63, 3.8) is 0 Å². The molecule has 5 heteroatoms. The van der Waals surface area contributed by atoms with Crippen molar-refractivity contribution in [1.82, 2.24) is 0 Å². The molecule has 1 unspecified atom stereocenters. The molecule has 0 heterocycles. The van der Waals surface area contributed by atoms with Gasteiger partial charge in [-0.1, -0.05) is 12.1 Å². The van der Waals surface area contributed by atoms with Crippen LogP contribution in [0, 0.1) is 10.1 Å².